The summed E-state index contributed by atoms with van der Waals surface area (Å²) < 4.78 is 14.1. The SMILES string of the molecule is CCCN(C1CCCNC1)C(C)c1ccc(F)cc1Br. The Morgan fingerprint density at radius 2 is 2.30 bits per heavy atom. The topological polar surface area (TPSA) is 15.3 Å². The number of nitrogens with zero attached hydrogens (tertiary/aromatic N) is 1. The maximum Gasteiger partial charge on any atom is 0.124 e. The lowest BCUT2D eigenvalue weighted by atomic mass is 10.00. The molecule has 1 saturated heterocycles. The van der Waals surface area contributed by atoms with Gasteiger partial charge in [0.25, 0.3) is 0 Å². The van der Waals surface area contributed by atoms with Gasteiger partial charge in [0.2, 0.25) is 0 Å². The van der Waals surface area contributed by atoms with Crippen LogP contribution in [0.2, 0.25) is 0 Å². The zero-order valence-corrected chi connectivity index (χ0v) is 13.9. The summed E-state index contributed by atoms with van der Waals surface area (Å²) in [5, 5.41) is 3.49. The first-order chi connectivity index (χ1) is 9.63. The summed E-state index contributed by atoms with van der Waals surface area (Å²) in [5.41, 5.74) is 1.17. The van der Waals surface area contributed by atoms with Crippen LogP contribution < -0.4 is 5.32 Å². The first kappa shape index (κ1) is 15.9. The second-order valence-electron chi connectivity index (χ2n) is 5.58. The summed E-state index contributed by atoms with van der Waals surface area (Å²) >= 11 is 3.51. The van der Waals surface area contributed by atoms with Gasteiger partial charge in [0.1, 0.15) is 5.82 Å². The van der Waals surface area contributed by atoms with Gasteiger partial charge < -0.3 is 5.32 Å². The van der Waals surface area contributed by atoms with E-state index in [-0.39, 0.29) is 5.82 Å². The summed E-state index contributed by atoms with van der Waals surface area (Å²) in [6.45, 7) is 7.71. The molecule has 1 fully saturated rings. The van der Waals surface area contributed by atoms with Gasteiger partial charge in [-0.15, -0.1) is 0 Å². The first-order valence-electron chi connectivity index (χ1n) is 7.55. The molecule has 2 atom stereocenters. The summed E-state index contributed by atoms with van der Waals surface area (Å²) in [7, 11) is 0. The molecule has 0 aliphatic carbocycles. The molecule has 112 valence electrons. The van der Waals surface area contributed by atoms with Crippen LogP contribution in [0.5, 0.6) is 0 Å². The summed E-state index contributed by atoms with van der Waals surface area (Å²) in [6, 6.07) is 5.91. The van der Waals surface area contributed by atoms with Crippen molar-refractivity contribution >= 4 is 15.9 Å². The maximum atomic E-state index is 13.3. The van der Waals surface area contributed by atoms with Crippen LogP contribution in [-0.2, 0) is 0 Å². The molecule has 1 aromatic rings. The van der Waals surface area contributed by atoms with Gasteiger partial charge in [-0.3, -0.25) is 4.90 Å². The minimum Gasteiger partial charge on any atom is -0.315 e. The van der Waals surface area contributed by atoms with E-state index in [0.717, 1.165) is 30.5 Å². The molecule has 2 unspecified atom stereocenters. The van der Waals surface area contributed by atoms with E-state index in [1.165, 1.54) is 18.4 Å². The smallest absolute Gasteiger partial charge is 0.124 e. The highest BCUT2D eigenvalue weighted by Gasteiger charge is 2.26. The molecule has 0 bridgehead atoms. The molecule has 4 heteroatoms. The Morgan fingerprint density at radius 1 is 1.50 bits per heavy atom. The second kappa shape index (κ2) is 7.53. The van der Waals surface area contributed by atoms with Gasteiger partial charge in [0, 0.05) is 23.1 Å². The van der Waals surface area contributed by atoms with Crippen LogP contribution in [0.25, 0.3) is 0 Å². The zero-order valence-electron chi connectivity index (χ0n) is 12.3. The average Bonchev–Trinajstić information content (AvgIpc) is 2.45. The molecule has 0 spiro atoms. The fraction of sp³-hybridized carbons (Fsp3) is 0.625. The van der Waals surface area contributed by atoms with E-state index in [1.54, 1.807) is 12.1 Å². The molecule has 1 aliphatic rings. The molecule has 20 heavy (non-hydrogen) atoms. The zero-order chi connectivity index (χ0) is 14.5. The standard InChI is InChI=1S/C16H24BrFN2/c1-3-9-20(14-5-4-8-19-11-14)12(2)15-7-6-13(18)10-16(15)17/h6-7,10,12,14,19H,3-5,8-9,11H2,1-2H3. The largest absolute Gasteiger partial charge is 0.315 e. The Morgan fingerprint density at radius 3 is 2.90 bits per heavy atom. The third-order valence-corrected chi connectivity index (χ3v) is 4.82. The predicted molar refractivity (Wildman–Crippen MR) is 85.4 cm³/mol. The summed E-state index contributed by atoms with van der Waals surface area (Å²) in [5.74, 6) is -0.186. The molecule has 0 aromatic heterocycles. The Hall–Kier alpha value is -0.450. The van der Waals surface area contributed by atoms with E-state index in [4.69, 9.17) is 0 Å². The van der Waals surface area contributed by atoms with Gasteiger partial charge in [0.15, 0.2) is 0 Å². The Kier molecular flexibility index (Phi) is 6.00. The van der Waals surface area contributed by atoms with Crippen LogP contribution >= 0.6 is 15.9 Å². The van der Waals surface area contributed by atoms with E-state index >= 15 is 0 Å². The lowest BCUT2D eigenvalue weighted by Gasteiger charge is -2.39. The first-order valence-corrected chi connectivity index (χ1v) is 8.34. The van der Waals surface area contributed by atoms with E-state index in [9.17, 15) is 4.39 Å². The van der Waals surface area contributed by atoms with Crippen LogP contribution in [-0.4, -0.2) is 30.6 Å². The number of hydrogen-bond donors (Lipinski definition) is 1. The maximum absolute atomic E-state index is 13.3. The van der Waals surface area contributed by atoms with Crippen molar-refractivity contribution in [1.29, 1.82) is 0 Å². The molecular formula is C16H24BrFN2. The molecule has 1 heterocycles. The van der Waals surface area contributed by atoms with Gasteiger partial charge in [-0.05, 0) is 57.0 Å². The molecule has 1 aliphatic heterocycles. The number of nitrogens with one attached hydrogen (secondary N) is 1. The van der Waals surface area contributed by atoms with Gasteiger partial charge in [-0.1, -0.05) is 28.9 Å². The molecule has 0 amide bonds. The fourth-order valence-corrected chi connectivity index (χ4v) is 3.77. The summed E-state index contributed by atoms with van der Waals surface area (Å²) in [4.78, 5) is 2.56. The Balaban J connectivity index is 2.18. The summed E-state index contributed by atoms with van der Waals surface area (Å²) in [6.07, 6.45) is 3.62. The molecule has 0 radical (unpaired) electrons. The van der Waals surface area contributed by atoms with E-state index < -0.39 is 0 Å². The molecule has 2 nitrogen and oxygen atoms in total. The normalized spacial score (nSPS) is 21.1. The highest BCUT2D eigenvalue weighted by Crippen LogP contribution is 2.31. The second-order valence-corrected chi connectivity index (χ2v) is 6.43. The van der Waals surface area contributed by atoms with Gasteiger partial charge in [-0.25, -0.2) is 4.39 Å². The molecule has 2 rings (SSSR count). The highest BCUT2D eigenvalue weighted by molar-refractivity contribution is 9.10. The third kappa shape index (κ3) is 3.80. The minimum absolute atomic E-state index is 0.186. The van der Waals surface area contributed by atoms with E-state index in [2.05, 4.69) is 40.0 Å². The predicted octanol–water partition coefficient (Wildman–Crippen LogP) is 4.11. The van der Waals surface area contributed by atoms with Crippen molar-refractivity contribution in [3.05, 3.63) is 34.1 Å². The minimum atomic E-state index is -0.186. The lowest BCUT2D eigenvalue weighted by molar-refractivity contribution is 0.120. The van der Waals surface area contributed by atoms with E-state index in [0.29, 0.717) is 12.1 Å². The van der Waals surface area contributed by atoms with Crippen molar-refractivity contribution in [3.63, 3.8) is 0 Å². The average molecular weight is 343 g/mol. The number of hydrogen-bond acceptors (Lipinski definition) is 2. The van der Waals surface area contributed by atoms with Crippen molar-refractivity contribution < 1.29 is 4.39 Å². The van der Waals surface area contributed by atoms with Crippen LogP contribution in [0.4, 0.5) is 4.39 Å². The lowest BCUT2D eigenvalue weighted by Crippen LogP contribution is -2.47. The van der Waals surface area contributed by atoms with Gasteiger partial charge in [0.05, 0.1) is 0 Å². The monoisotopic (exact) mass is 342 g/mol. The quantitative estimate of drug-likeness (QED) is 0.865. The van der Waals surface area contributed by atoms with Crippen LogP contribution in [0, 0.1) is 5.82 Å². The Bertz CT molecular complexity index is 432. The van der Waals surface area contributed by atoms with Crippen molar-refractivity contribution in [3.8, 4) is 0 Å². The molecule has 0 saturated carbocycles. The van der Waals surface area contributed by atoms with Crippen molar-refractivity contribution in [2.75, 3.05) is 19.6 Å². The van der Waals surface area contributed by atoms with Gasteiger partial charge in [-0.2, -0.15) is 0 Å². The molecule has 1 N–H and O–H groups in total. The number of halogens is 2. The number of benzene rings is 1. The third-order valence-electron chi connectivity index (χ3n) is 4.13. The molecule has 1 aromatic carbocycles. The van der Waals surface area contributed by atoms with Crippen LogP contribution in [0.15, 0.2) is 22.7 Å². The van der Waals surface area contributed by atoms with E-state index in [1.807, 2.05) is 6.07 Å². The highest BCUT2D eigenvalue weighted by atomic mass is 79.9. The fourth-order valence-electron chi connectivity index (χ4n) is 3.09. The van der Waals surface area contributed by atoms with Crippen molar-refractivity contribution in [2.24, 2.45) is 0 Å². The molecular weight excluding hydrogens is 319 g/mol. The van der Waals surface area contributed by atoms with Crippen molar-refractivity contribution in [2.45, 2.75) is 45.2 Å². The van der Waals surface area contributed by atoms with Crippen LogP contribution in [0.3, 0.4) is 0 Å². The Labute approximate surface area is 129 Å². The number of piperidine rings is 1. The van der Waals surface area contributed by atoms with Crippen LogP contribution in [0.1, 0.15) is 44.7 Å². The van der Waals surface area contributed by atoms with Crippen molar-refractivity contribution in [1.82, 2.24) is 10.2 Å². The van der Waals surface area contributed by atoms with Gasteiger partial charge >= 0.3 is 0 Å². The number of rotatable bonds is 5.